The topological polar surface area (TPSA) is 43.9 Å². The minimum absolute atomic E-state index is 0.587. The largest absolute Gasteiger partial charge is 0.456 e. The van der Waals surface area contributed by atoms with Crippen LogP contribution in [0.15, 0.2) is 229 Å². The highest BCUT2D eigenvalue weighted by Crippen LogP contribution is 2.47. The SMILES string of the molecule is c1ccc(-c2nc(-c3ccc(-n4c5ccc(C(c6ccccc6)(c6ccccc6)c6ccccc6)cc5c5cc6oc7ccccc7c6cc54)cc3)nc3ccccc23)cc1. The monoisotopic (exact) mass is 779 g/mol. The molecular formula is C57H37N3O. The standard InChI is InChI=1S/C57H37N3O/c1-5-17-38(18-6-1)55-46-26-13-15-27-50(46)58-56(59-55)39-29-32-44(33-30-39)60-51-34-31-43(35-47(51)48-37-54-49(36-52(48)60)45-25-14-16-28-53(45)61-54)57(40-19-7-2-8-20-40,41-21-9-3-10-22-41)42-23-11-4-12-24-42/h1-37H. The van der Waals surface area contributed by atoms with Crippen LogP contribution in [0.2, 0.25) is 0 Å². The van der Waals surface area contributed by atoms with Gasteiger partial charge in [0.15, 0.2) is 5.82 Å². The van der Waals surface area contributed by atoms with Gasteiger partial charge in [0.2, 0.25) is 0 Å². The Balaban J connectivity index is 1.10. The van der Waals surface area contributed by atoms with Crippen molar-refractivity contribution < 1.29 is 4.42 Å². The van der Waals surface area contributed by atoms with E-state index in [1.165, 1.54) is 22.3 Å². The second-order valence-electron chi connectivity index (χ2n) is 15.7. The summed E-state index contributed by atoms with van der Waals surface area (Å²) in [6, 6.07) is 79.9. The molecule has 61 heavy (non-hydrogen) atoms. The average molecular weight is 780 g/mol. The van der Waals surface area contributed by atoms with Gasteiger partial charge in [0.25, 0.3) is 0 Å². The lowest BCUT2D eigenvalue weighted by Gasteiger charge is -2.37. The Bertz CT molecular complexity index is 3460. The molecule has 0 bridgehead atoms. The van der Waals surface area contributed by atoms with Gasteiger partial charge in [-0.1, -0.05) is 164 Å². The van der Waals surface area contributed by atoms with Crippen LogP contribution in [0.3, 0.4) is 0 Å². The van der Waals surface area contributed by atoms with E-state index in [-0.39, 0.29) is 0 Å². The number of para-hydroxylation sites is 2. The molecule has 4 heteroatoms. The fourth-order valence-electron chi connectivity index (χ4n) is 9.59. The molecule has 0 saturated heterocycles. The lowest BCUT2D eigenvalue weighted by atomic mass is 9.65. The Morgan fingerprint density at radius 2 is 0.934 bits per heavy atom. The predicted molar refractivity (Wildman–Crippen MR) is 250 cm³/mol. The van der Waals surface area contributed by atoms with Crippen molar-refractivity contribution >= 4 is 54.6 Å². The summed E-state index contributed by atoms with van der Waals surface area (Å²) in [4.78, 5) is 10.2. The first-order valence-electron chi connectivity index (χ1n) is 20.7. The molecule has 0 atom stereocenters. The Hall–Kier alpha value is -8.08. The maximum absolute atomic E-state index is 6.54. The minimum Gasteiger partial charge on any atom is -0.456 e. The number of benzene rings is 9. The quantitative estimate of drug-likeness (QED) is 0.151. The van der Waals surface area contributed by atoms with Crippen LogP contribution in [-0.2, 0) is 5.41 Å². The van der Waals surface area contributed by atoms with E-state index in [2.05, 4.69) is 205 Å². The van der Waals surface area contributed by atoms with Crippen molar-refractivity contribution in [3.8, 4) is 28.3 Å². The van der Waals surface area contributed by atoms with Gasteiger partial charge in [-0.3, -0.25) is 0 Å². The Morgan fingerprint density at radius 1 is 0.361 bits per heavy atom. The lowest BCUT2D eigenvalue weighted by Crippen LogP contribution is -2.30. The molecule has 286 valence electrons. The molecule has 0 radical (unpaired) electrons. The molecular weight excluding hydrogens is 743 g/mol. The van der Waals surface area contributed by atoms with Crippen molar-refractivity contribution in [2.75, 3.05) is 0 Å². The number of rotatable bonds is 7. The number of furan rings is 1. The van der Waals surface area contributed by atoms with Gasteiger partial charge in [-0.05, 0) is 82.9 Å². The van der Waals surface area contributed by atoms with Crippen LogP contribution in [-0.4, -0.2) is 14.5 Å². The summed E-state index contributed by atoms with van der Waals surface area (Å²) in [6.07, 6.45) is 0. The van der Waals surface area contributed by atoms with E-state index in [1.807, 2.05) is 24.3 Å². The molecule has 0 aliphatic heterocycles. The second kappa shape index (κ2) is 14.0. The molecule has 3 aromatic heterocycles. The molecule has 0 N–H and O–H groups in total. The highest BCUT2D eigenvalue weighted by atomic mass is 16.3. The van der Waals surface area contributed by atoms with E-state index in [1.54, 1.807) is 0 Å². The fraction of sp³-hybridized carbons (Fsp3) is 0.0175. The third-order valence-corrected chi connectivity index (χ3v) is 12.4. The number of aromatic nitrogens is 3. The summed E-state index contributed by atoms with van der Waals surface area (Å²) >= 11 is 0. The van der Waals surface area contributed by atoms with Gasteiger partial charge in [0.05, 0.1) is 27.7 Å². The van der Waals surface area contributed by atoms with Gasteiger partial charge in [-0.15, -0.1) is 0 Å². The van der Waals surface area contributed by atoms with Crippen LogP contribution >= 0.6 is 0 Å². The van der Waals surface area contributed by atoms with Crippen LogP contribution in [0.25, 0.3) is 83.0 Å². The van der Waals surface area contributed by atoms with E-state index in [9.17, 15) is 0 Å². The van der Waals surface area contributed by atoms with Gasteiger partial charge in [0.1, 0.15) is 11.2 Å². The van der Waals surface area contributed by atoms with Crippen LogP contribution in [0, 0.1) is 0 Å². The molecule has 0 fully saturated rings. The second-order valence-corrected chi connectivity index (χ2v) is 15.7. The first-order valence-corrected chi connectivity index (χ1v) is 20.7. The fourth-order valence-corrected chi connectivity index (χ4v) is 9.59. The molecule has 0 aliphatic rings. The summed E-state index contributed by atoms with van der Waals surface area (Å²) in [6.45, 7) is 0. The number of nitrogens with zero attached hydrogens (tertiary/aromatic N) is 3. The highest BCUT2D eigenvalue weighted by molar-refractivity contribution is 6.17. The van der Waals surface area contributed by atoms with Crippen LogP contribution < -0.4 is 0 Å². The van der Waals surface area contributed by atoms with Crippen LogP contribution in [0.4, 0.5) is 0 Å². The molecule has 0 aliphatic carbocycles. The van der Waals surface area contributed by atoms with E-state index >= 15 is 0 Å². The first kappa shape index (κ1) is 34.9. The zero-order valence-corrected chi connectivity index (χ0v) is 33.1. The van der Waals surface area contributed by atoms with Gasteiger partial charge in [-0.25, -0.2) is 9.97 Å². The zero-order chi connectivity index (χ0) is 40.3. The Kier molecular flexibility index (Phi) is 8.04. The number of hydrogen-bond donors (Lipinski definition) is 0. The van der Waals surface area contributed by atoms with Crippen molar-refractivity contribution in [2.45, 2.75) is 5.41 Å². The smallest absolute Gasteiger partial charge is 0.160 e. The summed E-state index contributed by atoms with van der Waals surface area (Å²) < 4.78 is 8.94. The minimum atomic E-state index is -0.587. The summed E-state index contributed by atoms with van der Waals surface area (Å²) in [7, 11) is 0. The van der Waals surface area contributed by atoms with Crippen LogP contribution in [0.1, 0.15) is 22.3 Å². The number of hydrogen-bond acceptors (Lipinski definition) is 3. The molecule has 0 unspecified atom stereocenters. The average Bonchev–Trinajstić information content (AvgIpc) is 3.86. The van der Waals surface area contributed by atoms with Gasteiger partial charge in [0, 0.05) is 43.7 Å². The van der Waals surface area contributed by atoms with E-state index in [0.717, 1.165) is 77.2 Å². The Labute approximate surface area is 352 Å². The Morgan fingerprint density at radius 3 is 1.61 bits per heavy atom. The maximum atomic E-state index is 6.54. The van der Waals surface area contributed by atoms with Crippen molar-refractivity contribution in [1.82, 2.24) is 14.5 Å². The summed E-state index contributed by atoms with van der Waals surface area (Å²) in [5.41, 5.74) is 13.1. The molecule has 12 rings (SSSR count). The molecule has 9 aromatic carbocycles. The molecule has 0 amide bonds. The number of fused-ring (bicyclic) bond motifs is 7. The molecule has 0 saturated carbocycles. The van der Waals surface area contributed by atoms with Gasteiger partial charge >= 0.3 is 0 Å². The van der Waals surface area contributed by atoms with Gasteiger partial charge in [-0.2, -0.15) is 0 Å². The molecule has 3 heterocycles. The zero-order valence-electron chi connectivity index (χ0n) is 33.1. The van der Waals surface area contributed by atoms with Crippen LogP contribution in [0.5, 0.6) is 0 Å². The lowest BCUT2D eigenvalue weighted by molar-refractivity contribution is 0.669. The predicted octanol–water partition coefficient (Wildman–Crippen LogP) is 14.3. The summed E-state index contributed by atoms with van der Waals surface area (Å²) in [5.74, 6) is 0.696. The third kappa shape index (κ3) is 5.53. The normalized spacial score (nSPS) is 11.9. The highest BCUT2D eigenvalue weighted by Gasteiger charge is 2.38. The van der Waals surface area contributed by atoms with Crippen molar-refractivity contribution in [1.29, 1.82) is 0 Å². The molecule has 12 aromatic rings. The third-order valence-electron chi connectivity index (χ3n) is 12.4. The van der Waals surface area contributed by atoms with E-state index in [0.29, 0.717) is 5.82 Å². The van der Waals surface area contributed by atoms with E-state index < -0.39 is 5.41 Å². The molecule has 4 nitrogen and oxygen atoms in total. The van der Waals surface area contributed by atoms with Crippen molar-refractivity contribution in [3.63, 3.8) is 0 Å². The van der Waals surface area contributed by atoms with E-state index in [4.69, 9.17) is 14.4 Å². The van der Waals surface area contributed by atoms with Crippen molar-refractivity contribution in [2.24, 2.45) is 0 Å². The first-order chi connectivity index (χ1) is 30.2. The maximum Gasteiger partial charge on any atom is 0.160 e. The summed E-state index contributed by atoms with van der Waals surface area (Å²) in [5, 5.41) is 5.50. The van der Waals surface area contributed by atoms with Crippen molar-refractivity contribution in [3.05, 3.63) is 247 Å². The van der Waals surface area contributed by atoms with Gasteiger partial charge < -0.3 is 8.98 Å². The molecule has 0 spiro atoms.